The number of carboxylic acid groups (broad SMARTS) is 1. The zero-order valence-corrected chi connectivity index (χ0v) is 10.5. The molecule has 19 heavy (non-hydrogen) atoms. The molecule has 1 unspecified atom stereocenters. The van der Waals surface area contributed by atoms with Gasteiger partial charge in [-0.2, -0.15) is 0 Å². The lowest BCUT2D eigenvalue weighted by molar-refractivity contribution is -0.384. The number of rotatable bonds is 7. The molecule has 0 aromatic heterocycles. The van der Waals surface area contributed by atoms with Crippen molar-refractivity contribution in [2.24, 2.45) is 0 Å². The van der Waals surface area contributed by atoms with Gasteiger partial charge in [-0.1, -0.05) is 0 Å². The van der Waals surface area contributed by atoms with E-state index in [0.717, 1.165) is 6.07 Å². The fourth-order valence-corrected chi connectivity index (χ4v) is 1.67. The zero-order chi connectivity index (χ0) is 14.4. The number of nitrogens with zero attached hydrogens (tertiary/aromatic N) is 1. The van der Waals surface area contributed by atoms with E-state index in [2.05, 4.69) is 5.32 Å². The Bertz CT molecular complexity index is 475. The molecule has 0 saturated carbocycles. The highest BCUT2D eigenvalue weighted by molar-refractivity contribution is 5.89. The van der Waals surface area contributed by atoms with Crippen LogP contribution in [0.4, 0.5) is 11.4 Å². The van der Waals surface area contributed by atoms with E-state index in [4.69, 9.17) is 10.2 Å². The first-order valence-corrected chi connectivity index (χ1v) is 5.85. The van der Waals surface area contributed by atoms with Crippen LogP contribution in [0.1, 0.15) is 30.1 Å². The van der Waals surface area contributed by atoms with Crippen LogP contribution in [0.3, 0.4) is 0 Å². The van der Waals surface area contributed by atoms with Crippen molar-refractivity contribution in [3.05, 3.63) is 33.9 Å². The maximum atomic E-state index is 10.9. The van der Waals surface area contributed by atoms with Gasteiger partial charge in [0, 0.05) is 18.7 Å². The number of anilines is 1. The maximum Gasteiger partial charge on any atom is 0.335 e. The minimum absolute atomic E-state index is 0.0541. The number of aliphatic hydroxyl groups excluding tert-OH is 1. The second kappa shape index (κ2) is 6.69. The summed E-state index contributed by atoms with van der Waals surface area (Å²) in [7, 11) is 0. The SMILES string of the molecule is CC(CCCO)Nc1ccc(C(=O)O)cc1[N+](=O)[O-]. The van der Waals surface area contributed by atoms with Crippen molar-refractivity contribution in [2.45, 2.75) is 25.8 Å². The zero-order valence-electron chi connectivity index (χ0n) is 10.5. The molecule has 3 N–H and O–H groups in total. The molecule has 1 atom stereocenters. The second-order valence-electron chi connectivity index (χ2n) is 4.21. The van der Waals surface area contributed by atoms with Gasteiger partial charge >= 0.3 is 5.97 Å². The van der Waals surface area contributed by atoms with E-state index in [1.807, 2.05) is 6.92 Å². The molecule has 104 valence electrons. The minimum Gasteiger partial charge on any atom is -0.478 e. The summed E-state index contributed by atoms with van der Waals surface area (Å²) in [4.78, 5) is 21.1. The van der Waals surface area contributed by atoms with Crippen molar-refractivity contribution in [2.75, 3.05) is 11.9 Å². The minimum atomic E-state index is -1.21. The third-order valence-electron chi connectivity index (χ3n) is 2.64. The van der Waals surface area contributed by atoms with Crippen molar-refractivity contribution in [1.82, 2.24) is 0 Å². The van der Waals surface area contributed by atoms with E-state index < -0.39 is 10.9 Å². The van der Waals surface area contributed by atoms with Gasteiger partial charge in [0.2, 0.25) is 0 Å². The second-order valence-corrected chi connectivity index (χ2v) is 4.21. The molecule has 0 aliphatic rings. The highest BCUT2D eigenvalue weighted by Crippen LogP contribution is 2.26. The average molecular weight is 268 g/mol. The first kappa shape index (κ1) is 14.9. The van der Waals surface area contributed by atoms with Gasteiger partial charge in [-0.25, -0.2) is 4.79 Å². The number of carbonyl (C=O) groups is 1. The lowest BCUT2D eigenvalue weighted by atomic mass is 10.1. The molecule has 1 rings (SSSR count). The molecule has 0 aliphatic carbocycles. The highest BCUT2D eigenvalue weighted by atomic mass is 16.6. The molecule has 0 radical (unpaired) electrons. The quantitative estimate of drug-likeness (QED) is 0.514. The molecule has 0 amide bonds. The lowest BCUT2D eigenvalue weighted by Gasteiger charge is -2.14. The number of aliphatic hydroxyl groups is 1. The van der Waals surface area contributed by atoms with Gasteiger partial charge in [0.15, 0.2) is 0 Å². The Morgan fingerprint density at radius 1 is 1.53 bits per heavy atom. The van der Waals surface area contributed by atoms with E-state index in [1.165, 1.54) is 12.1 Å². The summed E-state index contributed by atoms with van der Waals surface area (Å²) in [5.74, 6) is -1.21. The average Bonchev–Trinajstić information content (AvgIpc) is 2.36. The summed E-state index contributed by atoms with van der Waals surface area (Å²) in [6.07, 6.45) is 1.25. The maximum absolute atomic E-state index is 10.9. The van der Waals surface area contributed by atoms with Crippen LogP contribution < -0.4 is 5.32 Å². The van der Waals surface area contributed by atoms with Crippen LogP contribution in [0.15, 0.2) is 18.2 Å². The van der Waals surface area contributed by atoms with Crippen LogP contribution in [-0.4, -0.2) is 33.8 Å². The summed E-state index contributed by atoms with van der Waals surface area (Å²) < 4.78 is 0. The van der Waals surface area contributed by atoms with Gasteiger partial charge in [-0.3, -0.25) is 10.1 Å². The molecule has 7 heteroatoms. The first-order chi connectivity index (χ1) is 8.95. The van der Waals surface area contributed by atoms with Crippen molar-refractivity contribution < 1.29 is 19.9 Å². The summed E-state index contributed by atoms with van der Waals surface area (Å²) >= 11 is 0. The Morgan fingerprint density at radius 2 is 2.21 bits per heavy atom. The van der Waals surface area contributed by atoms with Gasteiger partial charge in [-0.15, -0.1) is 0 Å². The summed E-state index contributed by atoms with van der Waals surface area (Å²) in [6, 6.07) is 3.68. The highest BCUT2D eigenvalue weighted by Gasteiger charge is 2.18. The van der Waals surface area contributed by atoms with Crippen LogP contribution in [0.25, 0.3) is 0 Å². The van der Waals surface area contributed by atoms with E-state index in [0.29, 0.717) is 12.8 Å². The number of hydrogen-bond donors (Lipinski definition) is 3. The van der Waals surface area contributed by atoms with Crippen LogP contribution >= 0.6 is 0 Å². The number of aromatic carboxylic acids is 1. The molecule has 0 aliphatic heterocycles. The van der Waals surface area contributed by atoms with Crippen LogP contribution in [0.2, 0.25) is 0 Å². The van der Waals surface area contributed by atoms with Crippen molar-refractivity contribution in [1.29, 1.82) is 0 Å². The van der Waals surface area contributed by atoms with Crippen LogP contribution in [0, 0.1) is 10.1 Å². The predicted octanol–water partition coefficient (Wildman–Crippen LogP) is 1.87. The van der Waals surface area contributed by atoms with Crippen LogP contribution in [0.5, 0.6) is 0 Å². The lowest BCUT2D eigenvalue weighted by Crippen LogP contribution is -2.16. The number of hydrogen-bond acceptors (Lipinski definition) is 5. The third kappa shape index (κ3) is 4.22. The third-order valence-corrected chi connectivity index (χ3v) is 2.64. The number of nitrogens with one attached hydrogen (secondary N) is 1. The van der Waals surface area contributed by atoms with Crippen molar-refractivity contribution >= 4 is 17.3 Å². The van der Waals surface area contributed by atoms with E-state index in [9.17, 15) is 14.9 Å². The monoisotopic (exact) mass is 268 g/mol. The number of carboxylic acids is 1. The number of benzene rings is 1. The van der Waals surface area contributed by atoms with Crippen LogP contribution in [-0.2, 0) is 0 Å². The summed E-state index contributed by atoms with van der Waals surface area (Å²) in [5.41, 5.74) is -0.114. The van der Waals surface area contributed by atoms with Gasteiger partial charge in [0.05, 0.1) is 10.5 Å². The Morgan fingerprint density at radius 3 is 2.74 bits per heavy atom. The Hall–Kier alpha value is -2.15. The topological polar surface area (TPSA) is 113 Å². The van der Waals surface area contributed by atoms with E-state index in [1.54, 1.807) is 0 Å². The molecular formula is C12H16N2O5. The molecule has 0 fully saturated rings. The van der Waals surface area contributed by atoms with Crippen molar-refractivity contribution in [3.8, 4) is 0 Å². The van der Waals surface area contributed by atoms with Gasteiger partial charge in [-0.05, 0) is 31.9 Å². The summed E-state index contributed by atoms with van der Waals surface area (Å²) in [6.45, 7) is 1.90. The fraction of sp³-hybridized carbons (Fsp3) is 0.417. The van der Waals surface area contributed by atoms with Gasteiger partial charge in [0.25, 0.3) is 5.69 Å². The number of nitro benzene ring substituents is 1. The molecule has 1 aromatic rings. The molecule has 0 spiro atoms. The smallest absolute Gasteiger partial charge is 0.335 e. The molecule has 0 heterocycles. The normalized spacial score (nSPS) is 11.9. The molecular weight excluding hydrogens is 252 g/mol. The Labute approximate surface area is 110 Å². The predicted molar refractivity (Wildman–Crippen MR) is 69.5 cm³/mol. The van der Waals surface area contributed by atoms with E-state index >= 15 is 0 Å². The molecule has 7 nitrogen and oxygen atoms in total. The van der Waals surface area contributed by atoms with Gasteiger partial charge in [0.1, 0.15) is 5.69 Å². The standard InChI is InChI=1S/C12H16N2O5/c1-8(3-2-6-15)13-10-5-4-9(12(16)17)7-11(10)14(18)19/h4-5,7-8,13,15H,2-3,6H2,1H3,(H,16,17). The van der Waals surface area contributed by atoms with E-state index in [-0.39, 0.29) is 29.6 Å². The van der Waals surface area contributed by atoms with Crippen molar-refractivity contribution in [3.63, 3.8) is 0 Å². The summed E-state index contributed by atoms with van der Waals surface area (Å²) in [5, 5.41) is 31.4. The molecule has 0 bridgehead atoms. The first-order valence-electron chi connectivity index (χ1n) is 5.85. The number of nitro groups is 1. The Balaban J connectivity index is 2.94. The fourth-order valence-electron chi connectivity index (χ4n) is 1.67. The molecule has 1 aromatic carbocycles. The van der Waals surface area contributed by atoms with Gasteiger partial charge < -0.3 is 15.5 Å². The molecule has 0 saturated heterocycles. The largest absolute Gasteiger partial charge is 0.478 e. The Kier molecular flexibility index (Phi) is 5.25.